The van der Waals surface area contributed by atoms with E-state index in [-0.39, 0.29) is 11.3 Å². The van der Waals surface area contributed by atoms with Crippen LogP contribution in [-0.2, 0) is 6.18 Å². The molecule has 16 heavy (non-hydrogen) atoms. The highest BCUT2D eigenvalue weighted by molar-refractivity contribution is 5.91. The van der Waals surface area contributed by atoms with Crippen molar-refractivity contribution in [2.24, 2.45) is 5.73 Å². The van der Waals surface area contributed by atoms with Crippen LogP contribution in [0.5, 0.6) is 0 Å². The van der Waals surface area contributed by atoms with Gasteiger partial charge in [-0.2, -0.15) is 13.2 Å². The van der Waals surface area contributed by atoms with Crippen LogP contribution in [0.25, 0.3) is 5.65 Å². The van der Waals surface area contributed by atoms with Crippen molar-refractivity contribution in [1.82, 2.24) is 9.38 Å². The second-order valence-electron chi connectivity index (χ2n) is 3.15. The van der Waals surface area contributed by atoms with E-state index >= 15 is 0 Å². The molecule has 84 valence electrons. The first-order valence-electron chi connectivity index (χ1n) is 4.23. The van der Waals surface area contributed by atoms with Gasteiger partial charge in [0.15, 0.2) is 0 Å². The lowest BCUT2D eigenvalue weighted by atomic mass is 10.3. The predicted molar refractivity (Wildman–Crippen MR) is 48.7 cm³/mol. The van der Waals surface area contributed by atoms with Crippen LogP contribution in [0.15, 0.2) is 24.5 Å². The standard InChI is InChI=1S/C9H6F3N3O/c10-9(11,12)5-1-2-7-14-3-6(8(13)16)15(7)4-5/h1-4H,(H2,13,16). The van der Waals surface area contributed by atoms with E-state index in [2.05, 4.69) is 4.98 Å². The van der Waals surface area contributed by atoms with E-state index in [9.17, 15) is 18.0 Å². The van der Waals surface area contributed by atoms with Crippen LogP contribution in [0.2, 0.25) is 0 Å². The van der Waals surface area contributed by atoms with Gasteiger partial charge in [0.05, 0.1) is 11.8 Å². The Morgan fingerprint density at radius 3 is 2.62 bits per heavy atom. The minimum atomic E-state index is -4.46. The molecule has 1 amide bonds. The van der Waals surface area contributed by atoms with Gasteiger partial charge in [0.2, 0.25) is 0 Å². The Balaban J connectivity index is 2.68. The molecule has 0 aliphatic heterocycles. The van der Waals surface area contributed by atoms with E-state index in [0.29, 0.717) is 0 Å². The normalized spacial score (nSPS) is 11.9. The lowest BCUT2D eigenvalue weighted by Gasteiger charge is -2.07. The first-order valence-corrected chi connectivity index (χ1v) is 4.23. The fraction of sp³-hybridized carbons (Fsp3) is 0.111. The maximum atomic E-state index is 12.4. The molecule has 2 N–H and O–H groups in total. The van der Waals surface area contributed by atoms with E-state index < -0.39 is 17.6 Å². The minimum absolute atomic E-state index is 0.0823. The van der Waals surface area contributed by atoms with Gasteiger partial charge in [-0.3, -0.25) is 9.20 Å². The molecule has 2 aromatic heterocycles. The molecule has 0 saturated carbocycles. The molecule has 0 spiro atoms. The van der Waals surface area contributed by atoms with Gasteiger partial charge in [0, 0.05) is 6.20 Å². The van der Waals surface area contributed by atoms with Gasteiger partial charge in [-0.25, -0.2) is 4.98 Å². The molecule has 2 aromatic rings. The van der Waals surface area contributed by atoms with Gasteiger partial charge in [0.25, 0.3) is 5.91 Å². The number of carbonyl (C=O) groups is 1. The Hall–Kier alpha value is -2.05. The van der Waals surface area contributed by atoms with Gasteiger partial charge in [-0.15, -0.1) is 0 Å². The molecule has 0 saturated heterocycles. The zero-order valence-electron chi connectivity index (χ0n) is 7.82. The number of halogens is 3. The number of primary amides is 1. The van der Waals surface area contributed by atoms with Crippen molar-refractivity contribution in [3.8, 4) is 0 Å². The third-order valence-corrected chi connectivity index (χ3v) is 2.09. The van der Waals surface area contributed by atoms with Crippen LogP contribution >= 0.6 is 0 Å². The number of nitrogens with zero attached hydrogens (tertiary/aromatic N) is 2. The third-order valence-electron chi connectivity index (χ3n) is 2.09. The molecule has 0 fully saturated rings. The summed E-state index contributed by atoms with van der Waals surface area (Å²) in [6.07, 6.45) is -2.53. The van der Waals surface area contributed by atoms with E-state index in [1.807, 2.05) is 0 Å². The fourth-order valence-electron chi connectivity index (χ4n) is 1.33. The minimum Gasteiger partial charge on any atom is -0.364 e. The molecule has 0 aromatic carbocycles. The highest BCUT2D eigenvalue weighted by atomic mass is 19.4. The summed E-state index contributed by atoms with van der Waals surface area (Å²) in [4.78, 5) is 14.7. The summed E-state index contributed by atoms with van der Waals surface area (Å²) >= 11 is 0. The fourth-order valence-corrected chi connectivity index (χ4v) is 1.33. The summed E-state index contributed by atoms with van der Waals surface area (Å²) in [5, 5.41) is 0. The molecule has 7 heteroatoms. The van der Waals surface area contributed by atoms with Crippen molar-refractivity contribution >= 4 is 11.6 Å². The second kappa shape index (κ2) is 3.22. The van der Waals surface area contributed by atoms with Crippen LogP contribution in [0, 0.1) is 0 Å². The number of hydrogen-bond acceptors (Lipinski definition) is 2. The molecule has 0 atom stereocenters. The van der Waals surface area contributed by atoms with Crippen LogP contribution in [0.3, 0.4) is 0 Å². The third kappa shape index (κ3) is 1.60. The number of carbonyl (C=O) groups excluding carboxylic acids is 1. The maximum Gasteiger partial charge on any atom is 0.417 e. The number of fused-ring (bicyclic) bond motifs is 1. The number of alkyl halides is 3. The van der Waals surface area contributed by atoms with Gasteiger partial charge < -0.3 is 5.73 Å². The zero-order chi connectivity index (χ0) is 11.9. The summed E-state index contributed by atoms with van der Waals surface area (Å²) in [5.74, 6) is -0.827. The van der Waals surface area contributed by atoms with Crippen LogP contribution < -0.4 is 5.73 Å². The molecular weight excluding hydrogens is 223 g/mol. The van der Waals surface area contributed by atoms with Crippen molar-refractivity contribution in [3.05, 3.63) is 35.8 Å². The van der Waals surface area contributed by atoms with Gasteiger partial charge in [-0.05, 0) is 12.1 Å². The van der Waals surface area contributed by atoms with Crippen LogP contribution in [0.4, 0.5) is 13.2 Å². The number of amides is 1. The topological polar surface area (TPSA) is 60.4 Å². The van der Waals surface area contributed by atoms with Gasteiger partial charge in [0.1, 0.15) is 11.3 Å². The number of rotatable bonds is 1. The van der Waals surface area contributed by atoms with E-state index in [1.54, 1.807) is 0 Å². The maximum absolute atomic E-state index is 12.4. The molecule has 0 aliphatic carbocycles. The Bertz CT molecular complexity index is 559. The van der Waals surface area contributed by atoms with Crippen molar-refractivity contribution in [1.29, 1.82) is 0 Å². The average molecular weight is 229 g/mol. The lowest BCUT2D eigenvalue weighted by Crippen LogP contribution is -2.14. The largest absolute Gasteiger partial charge is 0.417 e. The van der Waals surface area contributed by atoms with Crippen molar-refractivity contribution < 1.29 is 18.0 Å². The number of imidazole rings is 1. The van der Waals surface area contributed by atoms with Gasteiger partial charge >= 0.3 is 6.18 Å². The molecule has 0 bridgehead atoms. The molecular formula is C9H6F3N3O. The van der Waals surface area contributed by atoms with E-state index in [4.69, 9.17) is 5.73 Å². The predicted octanol–water partition coefficient (Wildman–Crippen LogP) is 1.45. The summed E-state index contributed by atoms with van der Waals surface area (Å²) in [6.45, 7) is 0. The van der Waals surface area contributed by atoms with E-state index in [0.717, 1.165) is 22.9 Å². The molecule has 0 aliphatic rings. The SMILES string of the molecule is NC(=O)c1cnc2ccc(C(F)(F)F)cn12. The van der Waals surface area contributed by atoms with Crippen LogP contribution in [-0.4, -0.2) is 15.3 Å². The summed E-state index contributed by atoms with van der Waals surface area (Å²) < 4.78 is 38.2. The number of hydrogen-bond donors (Lipinski definition) is 1. The molecule has 0 radical (unpaired) electrons. The molecule has 4 nitrogen and oxygen atoms in total. The van der Waals surface area contributed by atoms with Crippen molar-refractivity contribution in [2.45, 2.75) is 6.18 Å². The average Bonchev–Trinajstić information content (AvgIpc) is 2.58. The monoisotopic (exact) mass is 229 g/mol. The number of aromatic nitrogens is 2. The lowest BCUT2D eigenvalue weighted by molar-refractivity contribution is -0.137. The second-order valence-corrected chi connectivity index (χ2v) is 3.15. The van der Waals surface area contributed by atoms with Crippen LogP contribution in [0.1, 0.15) is 16.1 Å². The van der Waals surface area contributed by atoms with E-state index in [1.165, 1.54) is 6.07 Å². The highest BCUT2D eigenvalue weighted by Crippen LogP contribution is 2.29. The first-order chi connectivity index (χ1) is 7.39. The Morgan fingerprint density at radius 2 is 2.06 bits per heavy atom. The quantitative estimate of drug-likeness (QED) is 0.804. The smallest absolute Gasteiger partial charge is 0.364 e. The number of nitrogens with two attached hydrogens (primary N) is 1. The summed E-state index contributed by atoms with van der Waals surface area (Å²) in [5.41, 5.74) is 4.30. The molecule has 0 unspecified atom stereocenters. The zero-order valence-corrected chi connectivity index (χ0v) is 7.82. The first kappa shape index (κ1) is 10.5. The van der Waals surface area contributed by atoms with Gasteiger partial charge in [-0.1, -0.05) is 0 Å². The molecule has 2 heterocycles. The Labute approximate surface area is 87.5 Å². The Kier molecular flexibility index (Phi) is 2.11. The Morgan fingerprint density at radius 1 is 1.38 bits per heavy atom. The van der Waals surface area contributed by atoms with Crippen molar-refractivity contribution in [3.63, 3.8) is 0 Å². The summed E-state index contributed by atoms with van der Waals surface area (Å²) in [6, 6.07) is 2.07. The molecule has 2 rings (SSSR count). The number of pyridine rings is 1. The highest BCUT2D eigenvalue weighted by Gasteiger charge is 2.31. The van der Waals surface area contributed by atoms with Crippen molar-refractivity contribution in [2.75, 3.05) is 0 Å². The summed E-state index contributed by atoms with van der Waals surface area (Å²) in [7, 11) is 0.